The summed E-state index contributed by atoms with van der Waals surface area (Å²) < 4.78 is 1.91. The Labute approximate surface area is 104 Å². The number of nitrogens with two attached hydrogens (primary N) is 1. The maximum absolute atomic E-state index is 5.26. The highest BCUT2D eigenvalue weighted by Crippen LogP contribution is 2.08. The monoisotopic (exact) mass is 245 g/mol. The van der Waals surface area contributed by atoms with E-state index < -0.39 is 0 Å². The summed E-state index contributed by atoms with van der Waals surface area (Å²) in [5.74, 6) is 0.694. The molecule has 2 rings (SSSR count). The number of nitrogens with zero attached hydrogens (tertiary/aromatic N) is 3. The van der Waals surface area contributed by atoms with Crippen molar-refractivity contribution in [1.29, 1.82) is 0 Å². The Hall–Kier alpha value is -2.21. The van der Waals surface area contributed by atoms with Crippen LogP contribution in [-0.2, 0) is 0 Å². The van der Waals surface area contributed by atoms with Crippen LogP contribution in [0, 0.1) is 0 Å². The molecule has 3 N–H and O–H groups in total. The second-order valence-corrected chi connectivity index (χ2v) is 3.67. The lowest BCUT2D eigenvalue weighted by Crippen LogP contribution is -2.24. The van der Waals surface area contributed by atoms with Crippen LogP contribution in [0.15, 0.2) is 47.8 Å². The van der Waals surface area contributed by atoms with Crippen LogP contribution in [0.25, 0.3) is 5.69 Å². The molecule has 1 aromatic carbocycles. The highest BCUT2D eigenvalue weighted by atomic mass is 32.1. The van der Waals surface area contributed by atoms with Crippen molar-refractivity contribution in [2.45, 2.75) is 0 Å². The smallest absolute Gasteiger partial charge is 0.184 e. The minimum atomic E-state index is 0.124. The molecule has 0 aliphatic rings. The van der Waals surface area contributed by atoms with Gasteiger partial charge in [0.15, 0.2) is 10.9 Å². The summed E-state index contributed by atoms with van der Waals surface area (Å²) >= 11 is 4.64. The normalized spacial score (nSPS) is 10.6. The first-order chi connectivity index (χ1) is 8.27. The molecule has 0 aliphatic heterocycles. The van der Waals surface area contributed by atoms with Crippen LogP contribution in [0.5, 0.6) is 0 Å². The summed E-state index contributed by atoms with van der Waals surface area (Å²) in [6.07, 6.45) is 5.12. The maximum Gasteiger partial charge on any atom is 0.184 e. The standard InChI is InChI=1S/C11H11N5S/c12-11(17)15-14-8-10-13-6-7-16(10)9-4-2-1-3-5-9/h1-8H,(H3,12,15,17). The predicted molar refractivity (Wildman–Crippen MR) is 71.1 cm³/mol. The molecule has 0 saturated heterocycles. The second-order valence-electron chi connectivity index (χ2n) is 3.23. The van der Waals surface area contributed by atoms with Gasteiger partial charge in [-0.2, -0.15) is 5.10 Å². The van der Waals surface area contributed by atoms with E-state index in [0.29, 0.717) is 5.82 Å². The van der Waals surface area contributed by atoms with Crippen molar-refractivity contribution in [3.05, 3.63) is 48.5 Å². The first-order valence-corrected chi connectivity index (χ1v) is 5.35. The summed E-state index contributed by atoms with van der Waals surface area (Å²) in [6.45, 7) is 0. The van der Waals surface area contributed by atoms with Gasteiger partial charge in [0, 0.05) is 18.1 Å². The van der Waals surface area contributed by atoms with Crippen molar-refractivity contribution in [2.24, 2.45) is 10.8 Å². The van der Waals surface area contributed by atoms with Crippen molar-refractivity contribution >= 4 is 23.5 Å². The molecule has 2 aromatic rings. The van der Waals surface area contributed by atoms with E-state index in [1.54, 1.807) is 12.4 Å². The lowest BCUT2D eigenvalue weighted by molar-refractivity contribution is 1.01. The minimum absolute atomic E-state index is 0.124. The fourth-order valence-corrected chi connectivity index (χ4v) is 1.42. The van der Waals surface area contributed by atoms with Crippen molar-refractivity contribution in [2.75, 3.05) is 0 Å². The van der Waals surface area contributed by atoms with Crippen LogP contribution < -0.4 is 11.2 Å². The van der Waals surface area contributed by atoms with E-state index >= 15 is 0 Å². The third kappa shape index (κ3) is 2.88. The molecule has 5 nitrogen and oxygen atoms in total. The average Bonchev–Trinajstić information content (AvgIpc) is 2.78. The van der Waals surface area contributed by atoms with Gasteiger partial charge in [-0.3, -0.25) is 9.99 Å². The van der Waals surface area contributed by atoms with Gasteiger partial charge < -0.3 is 5.73 Å². The van der Waals surface area contributed by atoms with Crippen LogP contribution in [0.4, 0.5) is 0 Å². The first-order valence-electron chi connectivity index (χ1n) is 4.94. The zero-order valence-electron chi connectivity index (χ0n) is 8.95. The number of benzene rings is 1. The van der Waals surface area contributed by atoms with E-state index in [2.05, 4.69) is 27.7 Å². The van der Waals surface area contributed by atoms with Gasteiger partial charge in [-0.25, -0.2) is 4.98 Å². The third-order valence-corrected chi connectivity index (χ3v) is 2.15. The van der Waals surface area contributed by atoms with Crippen molar-refractivity contribution in [1.82, 2.24) is 15.0 Å². The summed E-state index contributed by atoms with van der Waals surface area (Å²) in [6, 6.07) is 9.86. The molecule has 0 radical (unpaired) electrons. The van der Waals surface area contributed by atoms with Crippen LogP contribution >= 0.6 is 12.2 Å². The van der Waals surface area contributed by atoms with Crippen LogP contribution in [-0.4, -0.2) is 20.9 Å². The van der Waals surface area contributed by atoms with Crippen molar-refractivity contribution < 1.29 is 0 Å². The summed E-state index contributed by atoms with van der Waals surface area (Å²) in [5, 5.41) is 4.00. The van der Waals surface area contributed by atoms with Crippen molar-refractivity contribution in [3.8, 4) is 5.69 Å². The molecule has 1 heterocycles. The maximum atomic E-state index is 5.26. The topological polar surface area (TPSA) is 68.2 Å². The number of nitrogens with one attached hydrogen (secondary N) is 1. The molecule has 1 aromatic heterocycles. The molecule has 0 spiro atoms. The molecule has 0 amide bonds. The van der Waals surface area contributed by atoms with Gasteiger partial charge >= 0.3 is 0 Å². The lowest BCUT2D eigenvalue weighted by Gasteiger charge is -2.03. The molecule has 0 bridgehead atoms. The molecule has 0 fully saturated rings. The number of thiocarbonyl (C=S) groups is 1. The quantitative estimate of drug-likeness (QED) is 0.481. The SMILES string of the molecule is NC(=S)NN=Cc1nccn1-c1ccccc1. The molecular weight excluding hydrogens is 234 g/mol. The number of para-hydroxylation sites is 1. The lowest BCUT2D eigenvalue weighted by atomic mass is 10.3. The van der Waals surface area contributed by atoms with Gasteiger partial charge in [0.2, 0.25) is 0 Å². The van der Waals surface area contributed by atoms with Gasteiger partial charge in [0.1, 0.15) is 0 Å². The Morgan fingerprint density at radius 1 is 1.41 bits per heavy atom. The molecule has 0 saturated carbocycles. The van der Waals surface area contributed by atoms with Gasteiger partial charge in [-0.1, -0.05) is 18.2 Å². The van der Waals surface area contributed by atoms with Gasteiger partial charge in [0.05, 0.1) is 6.21 Å². The largest absolute Gasteiger partial charge is 0.375 e. The van der Waals surface area contributed by atoms with E-state index in [9.17, 15) is 0 Å². The van der Waals surface area contributed by atoms with Crippen molar-refractivity contribution in [3.63, 3.8) is 0 Å². The van der Waals surface area contributed by atoms with E-state index in [0.717, 1.165) is 5.69 Å². The fourth-order valence-electron chi connectivity index (χ4n) is 1.37. The van der Waals surface area contributed by atoms with E-state index in [-0.39, 0.29) is 5.11 Å². The summed E-state index contributed by atoms with van der Waals surface area (Å²) in [5.41, 5.74) is 8.76. The molecule has 0 unspecified atom stereocenters. The van der Waals surface area contributed by atoms with E-state index in [1.807, 2.05) is 41.1 Å². The second kappa shape index (κ2) is 5.22. The summed E-state index contributed by atoms with van der Waals surface area (Å²) in [7, 11) is 0. The highest BCUT2D eigenvalue weighted by molar-refractivity contribution is 7.80. The van der Waals surface area contributed by atoms with Gasteiger partial charge in [-0.05, 0) is 24.4 Å². The molecule has 0 aliphatic carbocycles. The number of hydrogen-bond donors (Lipinski definition) is 2. The molecule has 86 valence electrons. The average molecular weight is 245 g/mol. The van der Waals surface area contributed by atoms with Crippen LogP contribution in [0.2, 0.25) is 0 Å². The van der Waals surface area contributed by atoms with Crippen LogP contribution in [0.3, 0.4) is 0 Å². The Kier molecular flexibility index (Phi) is 3.46. The Balaban J connectivity index is 2.23. The molecule has 0 atom stereocenters. The number of aromatic nitrogens is 2. The molecular formula is C11H11N5S. The fraction of sp³-hybridized carbons (Fsp3) is 0. The highest BCUT2D eigenvalue weighted by Gasteiger charge is 2.01. The first kappa shape index (κ1) is 11.3. The number of hydrogen-bond acceptors (Lipinski definition) is 3. The number of hydrazone groups is 1. The third-order valence-electron chi connectivity index (χ3n) is 2.06. The van der Waals surface area contributed by atoms with Gasteiger partial charge in [-0.15, -0.1) is 0 Å². The minimum Gasteiger partial charge on any atom is -0.375 e. The summed E-state index contributed by atoms with van der Waals surface area (Å²) in [4.78, 5) is 4.18. The van der Waals surface area contributed by atoms with E-state index in [1.165, 1.54) is 0 Å². The molecule has 6 heteroatoms. The Morgan fingerprint density at radius 2 is 2.18 bits per heavy atom. The zero-order chi connectivity index (χ0) is 12.1. The molecule has 17 heavy (non-hydrogen) atoms. The number of imidazole rings is 1. The number of rotatable bonds is 3. The zero-order valence-corrected chi connectivity index (χ0v) is 9.76. The van der Waals surface area contributed by atoms with Crippen LogP contribution in [0.1, 0.15) is 5.82 Å². The Bertz CT molecular complexity index is 532. The Morgan fingerprint density at radius 3 is 2.88 bits per heavy atom. The van der Waals surface area contributed by atoms with E-state index in [4.69, 9.17) is 5.73 Å². The predicted octanol–water partition coefficient (Wildman–Crippen LogP) is 1.04. The van der Waals surface area contributed by atoms with Gasteiger partial charge in [0.25, 0.3) is 0 Å².